The van der Waals surface area contributed by atoms with Gasteiger partial charge in [-0.15, -0.1) is 0 Å². The van der Waals surface area contributed by atoms with E-state index in [1.807, 2.05) is 12.1 Å². The number of hydrogen-bond acceptors (Lipinski definition) is 0. The first-order valence-electron chi connectivity index (χ1n) is 5.80. The van der Waals surface area contributed by atoms with Crippen LogP contribution in [0.2, 0.25) is 0 Å². The molecule has 0 bridgehead atoms. The van der Waals surface area contributed by atoms with Gasteiger partial charge >= 0.3 is 0 Å². The predicted octanol–water partition coefficient (Wildman–Crippen LogP) is 4.60. The smallest absolute Gasteiger partial charge is 0.0941 e. The molecule has 0 saturated carbocycles. The molecule has 1 aromatic carbocycles. The number of benzene rings is 1. The SMILES string of the molecule is C=CC(=C)[S+](C1=CCCC=C1)c1ccccc1. The normalized spacial score (nSPS) is 16.1. The van der Waals surface area contributed by atoms with Crippen LogP contribution in [0, 0.1) is 0 Å². The van der Waals surface area contributed by atoms with Crippen molar-refractivity contribution in [2.75, 3.05) is 0 Å². The summed E-state index contributed by atoms with van der Waals surface area (Å²) in [6.07, 6.45) is 11.0. The summed E-state index contributed by atoms with van der Waals surface area (Å²) in [5.74, 6) is 0. The predicted molar refractivity (Wildman–Crippen MR) is 77.9 cm³/mol. The Hall–Kier alpha value is -1.47. The molecule has 0 amide bonds. The monoisotopic (exact) mass is 241 g/mol. The number of allylic oxidation sites excluding steroid dienone is 4. The third-order valence-corrected chi connectivity index (χ3v) is 4.87. The summed E-state index contributed by atoms with van der Waals surface area (Å²) in [4.78, 5) is 3.77. The second kappa shape index (κ2) is 5.74. The average Bonchev–Trinajstić information content (AvgIpc) is 2.41. The lowest BCUT2D eigenvalue weighted by molar-refractivity contribution is 1.03. The van der Waals surface area contributed by atoms with E-state index in [4.69, 9.17) is 0 Å². The first-order valence-corrected chi connectivity index (χ1v) is 7.03. The lowest BCUT2D eigenvalue weighted by Crippen LogP contribution is -2.07. The van der Waals surface area contributed by atoms with Crippen molar-refractivity contribution >= 4 is 10.9 Å². The van der Waals surface area contributed by atoms with Crippen LogP contribution in [-0.2, 0) is 10.9 Å². The Morgan fingerprint density at radius 3 is 2.53 bits per heavy atom. The van der Waals surface area contributed by atoms with Gasteiger partial charge in [0.15, 0.2) is 14.7 Å². The summed E-state index contributed by atoms with van der Waals surface area (Å²) in [5.41, 5.74) is 0. The van der Waals surface area contributed by atoms with Crippen molar-refractivity contribution in [3.8, 4) is 0 Å². The molecule has 1 heteroatoms. The van der Waals surface area contributed by atoms with Crippen molar-refractivity contribution in [3.63, 3.8) is 0 Å². The zero-order chi connectivity index (χ0) is 12.1. The zero-order valence-corrected chi connectivity index (χ0v) is 10.7. The topological polar surface area (TPSA) is 0 Å². The first kappa shape index (κ1) is 12.0. The molecule has 0 nitrogen and oxygen atoms in total. The van der Waals surface area contributed by atoms with Crippen LogP contribution in [0.1, 0.15) is 12.8 Å². The Balaban J connectivity index is 2.38. The second-order valence-corrected chi connectivity index (χ2v) is 5.96. The van der Waals surface area contributed by atoms with Crippen LogP contribution in [0.3, 0.4) is 0 Å². The highest BCUT2D eigenvalue weighted by Gasteiger charge is 2.29. The van der Waals surface area contributed by atoms with Crippen LogP contribution in [0.4, 0.5) is 0 Å². The highest BCUT2D eigenvalue weighted by molar-refractivity contribution is 8.04. The molecule has 1 aromatic rings. The van der Waals surface area contributed by atoms with E-state index >= 15 is 0 Å². The van der Waals surface area contributed by atoms with Gasteiger partial charge in [-0.3, -0.25) is 0 Å². The van der Waals surface area contributed by atoms with Gasteiger partial charge in [-0.05, 0) is 49.8 Å². The minimum Gasteiger partial charge on any atom is -0.0941 e. The third kappa shape index (κ3) is 2.80. The fraction of sp³-hybridized carbons (Fsp3) is 0.125. The van der Waals surface area contributed by atoms with Gasteiger partial charge in [-0.25, -0.2) is 0 Å². The maximum Gasteiger partial charge on any atom is 0.166 e. The summed E-state index contributed by atoms with van der Waals surface area (Å²) in [5, 5.41) is 0. The van der Waals surface area contributed by atoms with Crippen LogP contribution in [0.5, 0.6) is 0 Å². The Bertz CT molecular complexity index is 466. The van der Waals surface area contributed by atoms with Gasteiger partial charge in [0.25, 0.3) is 0 Å². The molecule has 1 aliphatic carbocycles. The molecule has 0 N–H and O–H groups in total. The fourth-order valence-corrected chi connectivity index (χ4v) is 3.81. The van der Waals surface area contributed by atoms with E-state index in [0.29, 0.717) is 0 Å². The maximum atomic E-state index is 4.14. The Labute approximate surface area is 106 Å². The van der Waals surface area contributed by atoms with E-state index in [1.165, 1.54) is 9.80 Å². The lowest BCUT2D eigenvalue weighted by atomic mass is 10.2. The van der Waals surface area contributed by atoms with Gasteiger partial charge in [-0.2, -0.15) is 0 Å². The van der Waals surface area contributed by atoms with E-state index < -0.39 is 0 Å². The molecule has 0 spiro atoms. The molecule has 1 unspecified atom stereocenters. The molecule has 0 heterocycles. The molecule has 86 valence electrons. The molecule has 0 radical (unpaired) electrons. The summed E-state index contributed by atoms with van der Waals surface area (Å²) in [6, 6.07) is 10.5. The Kier molecular flexibility index (Phi) is 4.05. The molecule has 1 aliphatic rings. The first-order chi connectivity index (χ1) is 8.33. The van der Waals surface area contributed by atoms with Crippen molar-refractivity contribution in [1.82, 2.24) is 0 Å². The fourth-order valence-electron chi connectivity index (χ4n) is 1.82. The van der Waals surface area contributed by atoms with Crippen molar-refractivity contribution in [2.45, 2.75) is 17.7 Å². The van der Waals surface area contributed by atoms with Crippen LogP contribution < -0.4 is 0 Å². The minimum atomic E-state index is -0.0573. The highest BCUT2D eigenvalue weighted by atomic mass is 32.2. The summed E-state index contributed by atoms with van der Waals surface area (Å²) in [6.45, 7) is 8.00. The van der Waals surface area contributed by atoms with E-state index in [1.54, 1.807) is 0 Å². The summed E-state index contributed by atoms with van der Waals surface area (Å²) < 4.78 is 0. The highest BCUT2D eigenvalue weighted by Crippen LogP contribution is 2.31. The molecule has 0 aliphatic heterocycles. The maximum absolute atomic E-state index is 4.14. The molecule has 2 rings (SSSR count). The van der Waals surface area contributed by atoms with E-state index in [-0.39, 0.29) is 10.9 Å². The number of rotatable bonds is 4. The van der Waals surface area contributed by atoms with Crippen molar-refractivity contribution in [3.05, 3.63) is 77.6 Å². The molecular formula is C16H17S+. The minimum absolute atomic E-state index is 0.0573. The quantitative estimate of drug-likeness (QED) is 0.534. The van der Waals surface area contributed by atoms with E-state index in [9.17, 15) is 0 Å². The summed E-state index contributed by atoms with van der Waals surface area (Å²) in [7, 11) is -0.0573. The van der Waals surface area contributed by atoms with Crippen LogP contribution in [0.25, 0.3) is 0 Å². The average molecular weight is 241 g/mol. The molecule has 0 saturated heterocycles. The summed E-state index contributed by atoms with van der Waals surface area (Å²) >= 11 is 0. The Morgan fingerprint density at radius 1 is 1.18 bits per heavy atom. The van der Waals surface area contributed by atoms with Crippen LogP contribution in [0.15, 0.2) is 82.5 Å². The van der Waals surface area contributed by atoms with Gasteiger partial charge < -0.3 is 0 Å². The second-order valence-electron chi connectivity index (χ2n) is 3.88. The van der Waals surface area contributed by atoms with Crippen LogP contribution in [-0.4, -0.2) is 0 Å². The van der Waals surface area contributed by atoms with Gasteiger partial charge in [0.1, 0.15) is 0 Å². The molecule has 1 atom stereocenters. The largest absolute Gasteiger partial charge is 0.166 e. The number of hydrogen-bond donors (Lipinski definition) is 0. The molecule has 0 fully saturated rings. The van der Waals surface area contributed by atoms with Gasteiger partial charge in [0.05, 0.1) is 10.9 Å². The van der Waals surface area contributed by atoms with E-state index in [0.717, 1.165) is 17.7 Å². The van der Waals surface area contributed by atoms with Gasteiger partial charge in [-0.1, -0.05) is 30.9 Å². The molecule has 17 heavy (non-hydrogen) atoms. The zero-order valence-electron chi connectivity index (χ0n) is 9.93. The standard InChI is InChI=1S/C16H17S/c1-3-14(2)17(15-10-6-4-7-11-15)16-12-8-5-9-13-16/h3-4,6-8,10-13H,1-2,5,9H2/q+1. The molecule has 0 aromatic heterocycles. The Morgan fingerprint density at radius 2 is 1.94 bits per heavy atom. The third-order valence-electron chi connectivity index (χ3n) is 2.67. The molecular weight excluding hydrogens is 224 g/mol. The van der Waals surface area contributed by atoms with E-state index in [2.05, 4.69) is 55.7 Å². The lowest BCUT2D eigenvalue weighted by Gasteiger charge is -2.10. The van der Waals surface area contributed by atoms with Crippen molar-refractivity contribution in [1.29, 1.82) is 0 Å². The van der Waals surface area contributed by atoms with Crippen LogP contribution >= 0.6 is 0 Å². The van der Waals surface area contributed by atoms with Gasteiger partial charge in [0.2, 0.25) is 0 Å². The van der Waals surface area contributed by atoms with Crippen molar-refractivity contribution < 1.29 is 0 Å². The van der Waals surface area contributed by atoms with Gasteiger partial charge in [0, 0.05) is 0 Å². The van der Waals surface area contributed by atoms with Crippen molar-refractivity contribution in [2.24, 2.45) is 0 Å².